The second-order valence-corrected chi connectivity index (χ2v) is 10.4. The summed E-state index contributed by atoms with van der Waals surface area (Å²) < 4.78 is 28.5. The maximum atomic E-state index is 13.7. The molecular weight excluding hydrogens is 534 g/mol. The molecule has 0 saturated carbocycles. The van der Waals surface area contributed by atoms with E-state index in [1.807, 2.05) is 43.0 Å². The van der Waals surface area contributed by atoms with Gasteiger partial charge >= 0.3 is 0 Å². The summed E-state index contributed by atoms with van der Waals surface area (Å²) in [4.78, 5) is 19.9. The van der Waals surface area contributed by atoms with Crippen LogP contribution in [0, 0.1) is 5.92 Å². The fourth-order valence-electron chi connectivity index (χ4n) is 4.64. The van der Waals surface area contributed by atoms with Crippen molar-refractivity contribution < 1.29 is 28.2 Å². The number of oxazole rings is 1. The Balaban J connectivity index is 1.38. The lowest BCUT2D eigenvalue weighted by Crippen LogP contribution is -2.43. The third-order valence-electron chi connectivity index (χ3n) is 6.86. The Kier molecular flexibility index (Phi) is 10.8. The molecule has 1 aliphatic rings. The average Bonchev–Trinajstić information content (AvgIpc) is 3.62. The zero-order valence-electron chi connectivity index (χ0n) is 23.5. The van der Waals surface area contributed by atoms with Gasteiger partial charge in [0.15, 0.2) is 17.3 Å². The summed E-state index contributed by atoms with van der Waals surface area (Å²) in [7, 11) is 3.24. The van der Waals surface area contributed by atoms with Gasteiger partial charge in [0.2, 0.25) is 5.89 Å². The second-order valence-electron chi connectivity index (χ2n) is 10.0. The highest BCUT2D eigenvalue weighted by molar-refractivity contribution is 6.30. The molecule has 0 spiro atoms. The van der Waals surface area contributed by atoms with Gasteiger partial charge in [0, 0.05) is 67.9 Å². The van der Waals surface area contributed by atoms with Crippen molar-refractivity contribution in [2.45, 2.75) is 39.0 Å². The predicted molar refractivity (Wildman–Crippen MR) is 153 cm³/mol. The van der Waals surface area contributed by atoms with E-state index < -0.39 is 0 Å². The zero-order chi connectivity index (χ0) is 28.5. The lowest BCUT2D eigenvalue weighted by molar-refractivity contribution is 0.00436. The molecule has 1 aromatic heterocycles. The summed E-state index contributed by atoms with van der Waals surface area (Å²) in [5, 5.41) is 4.07. The first kappa shape index (κ1) is 29.9. The SMILES string of the molecule is COCCCOc1cc(C(=O)N(CC2CNCC2OCc2ncc(-c3ccc(Cl)cc3)o2)C(C)C)ccc1OC. The maximum Gasteiger partial charge on any atom is 0.254 e. The third kappa shape index (κ3) is 7.75. The highest BCUT2D eigenvalue weighted by Crippen LogP contribution is 2.30. The van der Waals surface area contributed by atoms with Crippen LogP contribution >= 0.6 is 11.6 Å². The van der Waals surface area contributed by atoms with Crippen LogP contribution in [0.2, 0.25) is 5.02 Å². The van der Waals surface area contributed by atoms with E-state index in [9.17, 15) is 4.79 Å². The van der Waals surface area contributed by atoms with Gasteiger partial charge in [0.05, 0.1) is 26.0 Å². The molecule has 2 unspecified atom stereocenters. The van der Waals surface area contributed by atoms with E-state index in [2.05, 4.69) is 10.3 Å². The Labute approximate surface area is 240 Å². The molecule has 0 radical (unpaired) electrons. The Morgan fingerprint density at radius 1 is 1.12 bits per heavy atom. The highest BCUT2D eigenvalue weighted by Gasteiger charge is 2.32. The van der Waals surface area contributed by atoms with Crippen molar-refractivity contribution in [1.82, 2.24) is 15.2 Å². The number of ether oxygens (including phenoxy) is 4. The normalized spacial score (nSPS) is 16.9. The van der Waals surface area contributed by atoms with Crippen molar-refractivity contribution in [2.24, 2.45) is 5.92 Å². The van der Waals surface area contributed by atoms with E-state index in [0.717, 1.165) is 18.5 Å². The lowest BCUT2D eigenvalue weighted by Gasteiger charge is -2.31. The number of rotatable bonds is 14. The summed E-state index contributed by atoms with van der Waals surface area (Å²) in [6.45, 7) is 7.34. The molecule has 1 N–H and O–H groups in total. The van der Waals surface area contributed by atoms with Gasteiger partial charge in [-0.25, -0.2) is 4.98 Å². The lowest BCUT2D eigenvalue weighted by atomic mass is 10.0. The predicted octanol–water partition coefficient (Wildman–Crippen LogP) is 5.07. The zero-order valence-corrected chi connectivity index (χ0v) is 24.3. The molecule has 2 heterocycles. The summed E-state index contributed by atoms with van der Waals surface area (Å²) in [5.41, 5.74) is 1.45. The Hall–Kier alpha value is -3.11. The van der Waals surface area contributed by atoms with Gasteiger partial charge in [-0.15, -0.1) is 0 Å². The number of hydrogen-bond donors (Lipinski definition) is 1. The molecule has 40 heavy (non-hydrogen) atoms. The van der Waals surface area contributed by atoms with Crippen LogP contribution in [-0.4, -0.2) is 75.0 Å². The van der Waals surface area contributed by atoms with Crippen LogP contribution in [0.3, 0.4) is 0 Å². The van der Waals surface area contributed by atoms with Crippen molar-refractivity contribution >= 4 is 17.5 Å². The number of nitrogens with one attached hydrogen (secondary N) is 1. The first-order valence-corrected chi connectivity index (χ1v) is 13.9. The van der Waals surface area contributed by atoms with Crippen LogP contribution < -0.4 is 14.8 Å². The molecule has 1 amide bonds. The number of benzene rings is 2. The number of carbonyl (C=O) groups is 1. The van der Waals surface area contributed by atoms with E-state index in [1.165, 1.54) is 0 Å². The maximum absolute atomic E-state index is 13.7. The van der Waals surface area contributed by atoms with E-state index in [4.69, 9.17) is 35.0 Å². The van der Waals surface area contributed by atoms with Gasteiger partial charge in [0.1, 0.15) is 6.61 Å². The van der Waals surface area contributed by atoms with Gasteiger partial charge in [-0.1, -0.05) is 11.6 Å². The average molecular weight is 572 g/mol. The first-order valence-electron chi connectivity index (χ1n) is 13.5. The monoisotopic (exact) mass is 571 g/mol. The Morgan fingerprint density at radius 2 is 1.93 bits per heavy atom. The van der Waals surface area contributed by atoms with Crippen molar-refractivity contribution in [3.8, 4) is 22.8 Å². The summed E-state index contributed by atoms with van der Waals surface area (Å²) in [6.07, 6.45) is 2.34. The number of carbonyl (C=O) groups excluding carboxylic acids is 1. The molecule has 9 nitrogen and oxygen atoms in total. The molecular formula is C30H38ClN3O6. The van der Waals surface area contributed by atoms with Crippen LogP contribution in [-0.2, 0) is 16.1 Å². The minimum absolute atomic E-state index is 0.00408. The van der Waals surface area contributed by atoms with E-state index >= 15 is 0 Å². The molecule has 3 aromatic rings. The number of halogens is 1. The number of nitrogens with zero attached hydrogens (tertiary/aromatic N) is 2. The van der Waals surface area contributed by atoms with Gasteiger partial charge in [-0.05, 0) is 56.3 Å². The van der Waals surface area contributed by atoms with E-state index in [1.54, 1.807) is 38.6 Å². The fourth-order valence-corrected chi connectivity index (χ4v) is 4.77. The topological polar surface area (TPSA) is 95.3 Å². The number of amides is 1. The van der Waals surface area contributed by atoms with Crippen molar-refractivity contribution in [3.63, 3.8) is 0 Å². The number of hydrogen-bond acceptors (Lipinski definition) is 8. The number of methoxy groups -OCH3 is 2. The van der Waals surface area contributed by atoms with E-state index in [-0.39, 0.29) is 30.6 Å². The Morgan fingerprint density at radius 3 is 2.65 bits per heavy atom. The third-order valence-corrected chi connectivity index (χ3v) is 7.11. The van der Waals surface area contributed by atoms with Crippen LogP contribution in [0.1, 0.15) is 36.5 Å². The van der Waals surface area contributed by atoms with Crippen LogP contribution in [0.5, 0.6) is 11.5 Å². The van der Waals surface area contributed by atoms with Crippen LogP contribution in [0.25, 0.3) is 11.3 Å². The van der Waals surface area contributed by atoms with Crippen LogP contribution in [0.15, 0.2) is 53.1 Å². The smallest absolute Gasteiger partial charge is 0.254 e. The summed E-state index contributed by atoms with van der Waals surface area (Å²) in [5.74, 6) is 2.34. The minimum atomic E-state index is -0.0875. The van der Waals surface area contributed by atoms with Crippen molar-refractivity contribution in [1.29, 1.82) is 0 Å². The van der Waals surface area contributed by atoms with Crippen molar-refractivity contribution in [2.75, 3.05) is 47.1 Å². The molecule has 216 valence electrons. The molecule has 0 bridgehead atoms. The van der Waals surface area contributed by atoms with Crippen LogP contribution in [0.4, 0.5) is 0 Å². The Bertz CT molecular complexity index is 1230. The molecule has 1 saturated heterocycles. The minimum Gasteiger partial charge on any atom is -0.493 e. The van der Waals surface area contributed by atoms with Crippen molar-refractivity contribution in [3.05, 3.63) is 65.1 Å². The molecule has 10 heteroatoms. The molecule has 4 rings (SSSR count). The van der Waals surface area contributed by atoms with Gasteiger partial charge in [0.25, 0.3) is 5.91 Å². The first-order chi connectivity index (χ1) is 19.4. The summed E-state index contributed by atoms with van der Waals surface area (Å²) in [6, 6.07) is 12.7. The summed E-state index contributed by atoms with van der Waals surface area (Å²) >= 11 is 5.99. The second kappa shape index (κ2) is 14.5. The molecule has 2 aromatic carbocycles. The molecule has 1 aliphatic heterocycles. The van der Waals surface area contributed by atoms with Gasteiger partial charge in [-0.2, -0.15) is 0 Å². The van der Waals surface area contributed by atoms with Gasteiger partial charge < -0.3 is 33.6 Å². The fraction of sp³-hybridized carbons (Fsp3) is 0.467. The van der Waals surface area contributed by atoms with E-state index in [0.29, 0.717) is 60.0 Å². The molecule has 1 fully saturated rings. The molecule has 0 aliphatic carbocycles. The number of aromatic nitrogens is 1. The molecule has 2 atom stereocenters. The quantitative estimate of drug-likeness (QED) is 0.268. The standard InChI is InChI=1S/C30H38ClN3O6/c1-20(2)34(30(35)22-8-11-25(37-4)26(14-22)38-13-5-12-36-3)18-23-15-32-16-27(23)39-19-29-33-17-28(40-29)21-6-9-24(31)10-7-21/h6-11,14,17,20,23,27,32H,5,12-13,15-16,18-19H2,1-4H3. The largest absolute Gasteiger partial charge is 0.493 e. The van der Waals surface area contributed by atoms with Gasteiger partial charge in [-0.3, -0.25) is 4.79 Å². The highest BCUT2D eigenvalue weighted by atomic mass is 35.5.